The van der Waals surface area contributed by atoms with Gasteiger partial charge in [-0.15, -0.1) is 0 Å². The number of nitrogens with one attached hydrogen (secondary N) is 1. The maximum Gasteiger partial charge on any atom is 0.335 e. The van der Waals surface area contributed by atoms with Gasteiger partial charge in [-0.05, 0) is 63.8 Å². The largest absolute Gasteiger partial charge is 0.478 e. The highest BCUT2D eigenvalue weighted by Crippen LogP contribution is 2.25. The molecule has 0 radical (unpaired) electrons. The Kier molecular flexibility index (Phi) is 6.15. The van der Waals surface area contributed by atoms with Crippen LogP contribution in [0.25, 0.3) is 27.7 Å². The van der Waals surface area contributed by atoms with Crippen LogP contribution in [0.3, 0.4) is 0 Å². The van der Waals surface area contributed by atoms with E-state index >= 15 is 0 Å². The van der Waals surface area contributed by atoms with Crippen LogP contribution in [0.15, 0.2) is 96.5 Å². The minimum Gasteiger partial charge on any atom is -0.478 e. The first-order valence-electron chi connectivity index (χ1n) is 12.0. The molecule has 3 heterocycles. The van der Waals surface area contributed by atoms with Crippen LogP contribution in [0.1, 0.15) is 37.7 Å². The fourth-order valence-corrected chi connectivity index (χ4v) is 5.10. The van der Waals surface area contributed by atoms with Crippen LogP contribution in [-0.4, -0.2) is 30.7 Å². The SMILES string of the molecule is O=C(O)c1ccc(CNC(=O)c2cc(-c3ccsn3)cc3ncc(Cc4ccc5ccccc5c4)n23)cc1. The van der Waals surface area contributed by atoms with Gasteiger partial charge in [-0.25, -0.2) is 9.78 Å². The van der Waals surface area contributed by atoms with E-state index in [2.05, 4.69) is 45.0 Å². The van der Waals surface area contributed by atoms with Crippen molar-refractivity contribution in [2.45, 2.75) is 13.0 Å². The second-order valence-corrected chi connectivity index (χ2v) is 9.67. The molecule has 0 saturated heterocycles. The summed E-state index contributed by atoms with van der Waals surface area (Å²) in [6, 6.07) is 26.8. The van der Waals surface area contributed by atoms with Crippen molar-refractivity contribution in [2.75, 3.05) is 0 Å². The number of hydrogen-bond donors (Lipinski definition) is 2. The number of aromatic nitrogens is 3. The second-order valence-electron chi connectivity index (χ2n) is 9.00. The number of aromatic carboxylic acids is 1. The summed E-state index contributed by atoms with van der Waals surface area (Å²) in [5, 5.41) is 16.4. The molecule has 0 atom stereocenters. The van der Waals surface area contributed by atoms with Crippen molar-refractivity contribution in [1.29, 1.82) is 0 Å². The van der Waals surface area contributed by atoms with Crippen molar-refractivity contribution in [3.63, 3.8) is 0 Å². The van der Waals surface area contributed by atoms with E-state index in [1.165, 1.54) is 29.1 Å². The summed E-state index contributed by atoms with van der Waals surface area (Å²) in [7, 11) is 0. The molecule has 1 amide bonds. The number of hydrogen-bond acceptors (Lipinski definition) is 5. The lowest BCUT2D eigenvalue weighted by molar-refractivity contribution is 0.0696. The lowest BCUT2D eigenvalue weighted by Gasteiger charge is -2.12. The van der Waals surface area contributed by atoms with Crippen LogP contribution in [0.4, 0.5) is 0 Å². The van der Waals surface area contributed by atoms with Crippen LogP contribution in [0.5, 0.6) is 0 Å². The minimum atomic E-state index is -0.985. The van der Waals surface area contributed by atoms with Crippen LogP contribution < -0.4 is 5.32 Å². The molecule has 0 aliphatic heterocycles. The highest BCUT2D eigenvalue weighted by molar-refractivity contribution is 7.03. The Morgan fingerprint density at radius 1 is 0.895 bits per heavy atom. The van der Waals surface area contributed by atoms with Crippen molar-refractivity contribution >= 4 is 39.8 Å². The molecular formula is C30H22N4O3S. The molecule has 0 spiro atoms. The van der Waals surface area contributed by atoms with E-state index in [0.29, 0.717) is 17.8 Å². The maximum atomic E-state index is 13.5. The molecule has 0 bridgehead atoms. The van der Waals surface area contributed by atoms with Crippen LogP contribution in [-0.2, 0) is 13.0 Å². The zero-order chi connectivity index (χ0) is 26.1. The number of rotatable bonds is 7. The molecule has 8 heteroatoms. The normalized spacial score (nSPS) is 11.2. The third-order valence-corrected chi connectivity index (χ3v) is 7.06. The molecule has 7 nitrogen and oxygen atoms in total. The number of fused-ring (bicyclic) bond motifs is 2. The summed E-state index contributed by atoms with van der Waals surface area (Å²) < 4.78 is 6.33. The average Bonchev–Trinajstić information content (AvgIpc) is 3.62. The first kappa shape index (κ1) is 23.6. The van der Waals surface area contributed by atoms with Gasteiger partial charge in [-0.3, -0.25) is 9.20 Å². The molecule has 3 aromatic carbocycles. The summed E-state index contributed by atoms with van der Waals surface area (Å²) in [4.78, 5) is 29.3. The number of pyridine rings is 1. The van der Waals surface area contributed by atoms with E-state index in [9.17, 15) is 9.59 Å². The van der Waals surface area contributed by atoms with E-state index in [1.54, 1.807) is 12.1 Å². The van der Waals surface area contributed by atoms with Gasteiger partial charge in [0.25, 0.3) is 5.91 Å². The quantitative estimate of drug-likeness (QED) is 0.277. The van der Waals surface area contributed by atoms with Crippen molar-refractivity contribution in [1.82, 2.24) is 19.1 Å². The molecule has 38 heavy (non-hydrogen) atoms. The van der Waals surface area contributed by atoms with Crippen molar-refractivity contribution < 1.29 is 14.7 Å². The molecule has 0 unspecified atom stereocenters. The standard InChI is InChI=1S/C30H22N4O3S/c35-29(32-17-19-5-9-22(10-6-19)30(36)37)27-15-24(26-11-12-38-33-26)16-28-31-18-25(34(27)28)14-20-7-8-21-3-1-2-4-23(21)13-20/h1-13,15-16,18H,14,17H2,(H,32,35)(H,36,37). The molecular weight excluding hydrogens is 496 g/mol. The number of amides is 1. The van der Waals surface area contributed by atoms with Gasteiger partial charge in [0.2, 0.25) is 0 Å². The Bertz CT molecular complexity index is 1790. The van der Waals surface area contributed by atoms with Crippen molar-refractivity contribution in [3.8, 4) is 11.3 Å². The molecule has 0 saturated carbocycles. The number of nitrogens with zero attached hydrogens (tertiary/aromatic N) is 3. The zero-order valence-electron chi connectivity index (χ0n) is 20.2. The lowest BCUT2D eigenvalue weighted by Crippen LogP contribution is -2.25. The van der Waals surface area contributed by atoms with E-state index < -0.39 is 5.97 Å². The third-order valence-electron chi connectivity index (χ3n) is 6.50. The Morgan fingerprint density at radius 2 is 1.68 bits per heavy atom. The first-order chi connectivity index (χ1) is 18.5. The topological polar surface area (TPSA) is 96.6 Å². The number of carboxylic acid groups (broad SMARTS) is 1. The van der Waals surface area contributed by atoms with Gasteiger partial charge in [0.1, 0.15) is 11.3 Å². The molecule has 0 aliphatic rings. The highest BCUT2D eigenvalue weighted by Gasteiger charge is 2.18. The van der Waals surface area contributed by atoms with Gasteiger partial charge in [0.05, 0.1) is 11.3 Å². The van der Waals surface area contributed by atoms with Crippen molar-refractivity contribution in [3.05, 3.63) is 125 Å². The van der Waals surface area contributed by atoms with Gasteiger partial charge in [0, 0.05) is 35.8 Å². The number of imidazole rings is 1. The Labute approximate surface area is 222 Å². The molecule has 0 aliphatic carbocycles. The van der Waals surface area contributed by atoms with E-state index in [1.807, 2.05) is 46.3 Å². The number of carboxylic acids is 1. The third kappa shape index (κ3) is 4.65. The first-order valence-corrected chi connectivity index (χ1v) is 12.9. The van der Waals surface area contributed by atoms with Crippen LogP contribution in [0.2, 0.25) is 0 Å². The predicted molar refractivity (Wildman–Crippen MR) is 148 cm³/mol. The van der Waals surface area contributed by atoms with Gasteiger partial charge in [-0.1, -0.05) is 54.6 Å². The molecule has 186 valence electrons. The maximum absolute atomic E-state index is 13.5. The van der Waals surface area contributed by atoms with Crippen LogP contribution in [0, 0.1) is 0 Å². The van der Waals surface area contributed by atoms with Gasteiger partial charge in [0.15, 0.2) is 0 Å². The zero-order valence-corrected chi connectivity index (χ0v) is 21.0. The second kappa shape index (κ2) is 9.91. The molecule has 6 aromatic rings. The monoisotopic (exact) mass is 518 g/mol. The summed E-state index contributed by atoms with van der Waals surface area (Å²) in [6.07, 6.45) is 2.43. The van der Waals surface area contributed by atoms with Crippen molar-refractivity contribution in [2.24, 2.45) is 0 Å². The Morgan fingerprint density at radius 3 is 2.45 bits per heavy atom. The number of benzene rings is 3. The smallest absolute Gasteiger partial charge is 0.335 e. The summed E-state index contributed by atoms with van der Waals surface area (Å²) >= 11 is 1.35. The molecule has 6 rings (SSSR count). The summed E-state index contributed by atoms with van der Waals surface area (Å²) in [5.74, 6) is -1.24. The molecule has 0 fully saturated rings. The van der Waals surface area contributed by atoms with Crippen LogP contribution >= 0.6 is 11.5 Å². The van der Waals surface area contributed by atoms with Gasteiger partial charge >= 0.3 is 5.97 Å². The fourth-order valence-electron chi connectivity index (χ4n) is 4.57. The Hall–Kier alpha value is -4.82. The molecule has 3 aromatic heterocycles. The average molecular weight is 519 g/mol. The fraction of sp³-hybridized carbons (Fsp3) is 0.0667. The van der Waals surface area contributed by atoms with Gasteiger partial charge in [-0.2, -0.15) is 4.37 Å². The van der Waals surface area contributed by atoms with E-state index in [-0.39, 0.29) is 18.0 Å². The van der Waals surface area contributed by atoms with E-state index in [0.717, 1.165) is 33.5 Å². The van der Waals surface area contributed by atoms with Gasteiger partial charge < -0.3 is 10.4 Å². The summed E-state index contributed by atoms with van der Waals surface area (Å²) in [6.45, 7) is 0.260. The summed E-state index contributed by atoms with van der Waals surface area (Å²) in [5.41, 5.74) is 5.76. The Balaban J connectivity index is 1.35. The molecule has 2 N–H and O–H groups in total. The predicted octanol–water partition coefficient (Wildman–Crippen LogP) is 5.83. The highest BCUT2D eigenvalue weighted by atomic mass is 32.1. The minimum absolute atomic E-state index is 0.203. The number of carbonyl (C=O) groups is 2. The van der Waals surface area contributed by atoms with E-state index in [4.69, 9.17) is 5.11 Å². The number of carbonyl (C=O) groups excluding carboxylic acids is 1. The lowest BCUT2D eigenvalue weighted by atomic mass is 10.0.